The van der Waals surface area contributed by atoms with Gasteiger partial charge in [-0.25, -0.2) is 5.43 Å². The van der Waals surface area contributed by atoms with Crippen molar-refractivity contribution in [3.8, 4) is 5.69 Å². The highest BCUT2D eigenvalue weighted by Crippen LogP contribution is 2.06. The van der Waals surface area contributed by atoms with Gasteiger partial charge in [-0.15, -0.1) is 5.10 Å². The molecule has 6 nitrogen and oxygen atoms in total. The van der Waals surface area contributed by atoms with E-state index in [2.05, 4.69) is 21.0 Å². The molecule has 6 heteroatoms. The highest BCUT2D eigenvalue weighted by Gasteiger charge is 2.07. The summed E-state index contributed by atoms with van der Waals surface area (Å²) in [4.78, 5) is 0. The van der Waals surface area contributed by atoms with Gasteiger partial charge in [-0.3, -0.25) is 5.01 Å². The number of hydrazine groups is 1. The van der Waals surface area contributed by atoms with Gasteiger partial charge in [-0.2, -0.15) is 4.68 Å². The molecule has 0 saturated heterocycles. The van der Waals surface area contributed by atoms with Crippen LogP contribution in [-0.2, 0) is 6.54 Å². The third kappa shape index (κ3) is 2.41. The molecule has 1 heterocycles. The Morgan fingerprint density at radius 1 is 1.25 bits per heavy atom. The lowest BCUT2D eigenvalue weighted by molar-refractivity contribution is 0.280. The second-order valence-electron chi connectivity index (χ2n) is 3.57. The molecule has 0 amide bonds. The molecule has 2 aromatic rings. The first-order chi connectivity index (χ1) is 7.77. The molecule has 84 valence electrons. The summed E-state index contributed by atoms with van der Waals surface area (Å²) in [5.41, 5.74) is 4.09. The molecule has 1 aromatic carbocycles. The fourth-order valence-electron chi connectivity index (χ4n) is 1.31. The minimum absolute atomic E-state index is 0.592. The molecular weight excluding hydrogens is 204 g/mol. The summed E-state index contributed by atoms with van der Waals surface area (Å²) in [5.74, 6) is 0.778. The van der Waals surface area contributed by atoms with E-state index in [1.54, 1.807) is 4.68 Å². The molecule has 0 aliphatic heterocycles. The molecule has 0 saturated carbocycles. The van der Waals surface area contributed by atoms with Crippen LogP contribution in [0.25, 0.3) is 5.69 Å². The van der Waals surface area contributed by atoms with E-state index in [1.807, 2.05) is 49.4 Å². The van der Waals surface area contributed by atoms with Crippen molar-refractivity contribution in [2.45, 2.75) is 6.54 Å². The fourth-order valence-corrected chi connectivity index (χ4v) is 1.31. The SMILES string of the molecule is CN(C)NCc1nnnn1-c1ccccc1. The Kier molecular flexibility index (Phi) is 3.23. The summed E-state index contributed by atoms with van der Waals surface area (Å²) >= 11 is 0. The van der Waals surface area contributed by atoms with Crippen LogP contribution >= 0.6 is 0 Å². The molecule has 0 unspecified atom stereocenters. The molecular formula is C10H14N6. The molecule has 2 rings (SSSR count). The lowest BCUT2D eigenvalue weighted by atomic mass is 10.3. The van der Waals surface area contributed by atoms with Gasteiger partial charge in [0.05, 0.1) is 12.2 Å². The quantitative estimate of drug-likeness (QED) is 0.744. The van der Waals surface area contributed by atoms with Crippen LogP contribution in [0.2, 0.25) is 0 Å². The van der Waals surface area contributed by atoms with Gasteiger partial charge in [0.2, 0.25) is 0 Å². The molecule has 0 bridgehead atoms. The lowest BCUT2D eigenvalue weighted by Crippen LogP contribution is -2.30. The summed E-state index contributed by atoms with van der Waals surface area (Å²) in [6, 6.07) is 9.82. The molecule has 0 atom stereocenters. The zero-order chi connectivity index (χ0) is 11.4. The predicted octanol–water partition coefficient (Wildman–Crippen LogP) is 0.228. The minimum Gasteiger partial charge on any atom is -0.250 e. The summed E-state index contributed by atoms with van der Waals surface area (Å²) in [6.45, 7) is 0.592. The molecule has 1 aromatic heterocycles. The first kappa shape index (κ1) is 10.7. The van der Waals surface area contributed by atoms with Crippen LogP contribution in [0.4, 0.5) is 0 Å². The number of tetrazole rings is 1. The van der Waals surface area contributed by atoms with Crippen LogP contribution in [0.3, 0.4) is 0 Å². The number of para-hydroxylation sites is 1. The maximum atomic E-state index is 3.98. The lowest BCUT2D eigenvalue weighted by Gasteiger charge is -2.11. The largest absolute Gasteiger partial charge is 0.250 e. The van der Waals surface area contributed by atoms with Crippen LogP contribution in [0, 0.1) is 0 Å². The highest BCUT2D eigenvalue weighted by molar-refractivity contribution is 5.30. The maximum Gasteiger partial charge on any atom is 0.171 e. The van der Waals surface area contributed by atoms with Crippen molar-refractivity contribution >= 4 is 0 Å². The first-order valence-corrected chi connectivity index (χ1v) is 5.01. The summed E-state index contributed by atoms with van der Waals surface area (Å²) in [6.07, 6.45) is 0. The predicted molar refractivity (Wildman–Crippen MR) is 59.7 cm³/mol. The Morgan fingerprint density at radius 3 is 2.69 bits per heavy atom. The van der Waals surface area contributed by atoms with Crippen molar-refractivity contribution in [1.82, 2.24) is 30.6 Å². The van der Waals surface area contributed by atoms with Gasteiger partial charge in [0.25, 0.3) is 0 Å². The van der Waals surface area contributed by atoms with E-state index in [-0.39, 0.29) is 0 Å². The zero-order valence-electron chi connectivity index (χ0n) is 9.33. The van der Waals surface area contributed by atoms with Gasteiger partial charge in [-0.1, -0.05) is 18.2 Å². The average molecular weight is 218 g/mol. The van der Waals surface area contributed by atoms with Crippen molar-refractivity contribution in [2.24, 2.45) is 0 Å². The standard InChI is InChI=1S/C10H14N6/c1-15(2)11-8-10-12-13-14-16(10)9-6-4-3-5-7-9/h3-7,11H,8H2,1-2H3. The second-order valence-corrected chi connectivity index (χ2v) is 3.57. The van der Waals surface area contributed by atoms with E-state index < -0.39 is 0 Å². The van der Waals surface area contributed by atoms with E-state index in [1.165, 1.54) is 0 Å². The first-order valence-electron chi connectivity index (χ1n) is 5.01. The monoisotopic (exact) mass is 218 g/mol. The van der Waals surface area contributed by atoms with E-state index >= 15 is 0 Å². The Balaban J connectivity index is 2.19. The molecule has 1 N–H and O–H groups in total. The smallest absolute Gasteiger partial charge is 0.171 e. The van der Waals surface area contributed by atoms with E-state index in [0.29, 0.717) is 6.54 Å². The Labute approximate surface area is 93.8 Å². The van der Waals surface area contributed by atoms with Crippen LogP contribution in [0.5, 0.6) is 0 Å². The van der Waals surface area contributed by atoms with Crippen molar-refractivity contribution in [2.75, 3.05) is 14.1 Å². The van der Waals surface area contributed by atoms with Gasteiger partial charge in [0.15, 0.2) is 5.82 Å². The van der Waals surface area contributed by atoms with Crippen LogP contribution < -0.4 is 5.43 Å². The normalized spacial score (nSPS) is 10.9. The average Bonchev–Trinajstić information content (AvgIpc) is 2.75. The van der Waals surface area contributed by atoms with Gasteiger partial charge < -0.3 is 0 Å². The van der Waals surface area contributed by atoms with Crippen molar-refractivity contribution in [1.29, 1.82) is 0 Å². The fraction of sp³-hybridized carbons (Fsp3) is 0.300. The molecule has 0 fully saturated rings. The van der Waals surface area contributed by atoms with Crippen molar-refractivity contribution in [3.63, 3.8) is 0 Å². The third-order valence-electron chi connectivity index (χ3n) is 2.09. The van der Waals surface area contributed by atoms with Gasteiger partial charge >= 0.3 is 0 Å². The zero-order valence-corrected chi connectivity index (χ0v) is 9.33. The van der Waals surface area contributed by atoms with Crippen molar-refractivity contribution in [3.05, 3.63) is 36.2 Å². The molecule has 0 aliphatic carbocycles. The number of rotatable bonds is 4. The topological polar surface area (TPSA) is 58.9 Å². The van der Waals surface area contributed by atoms with Crippen molar-refractivity contribution < 1.29 is 0 Å². The number of nitrogens with zero attached hydrogens (tertiary/aromatic N) is 5. The van der Waals surface area contributed by atoms with E-state index in [9.17, 15) is 0 Å². The van der Waals surface area contributed by atoms with Crippen LogP contribution in [-0.4, -0.2) is 39.3 Å². The number of hydrogen-bond acceptors (Lipinski definition) is 5. The summed E-state index contributed by atoms with van der Waals surface area (Å²) in [7, 11) is 3.85. The number of hydrogen-bond donors (Lipinski definition) is 1. The Morgan fingerprint density at radius 2 is 2.00 bits per heavy atom. The van der Waals surface area contributed by atoms with E-state index in [4.69, 9.17) is 0 Å². The third-order valence-corrected chi connectivity index (χ3v) is 2.09. The molecule has 16 heavy (non-hydrogen) atoms. The van der Waals surface area contributed by atoms with Crippen LogP contribution in [0.15, 0.2) is 30.3 Å². The van der Waals surface area contributed by atoms with E-state index in [0.717, 1.165) is 11.5 Å². The Bertz CT molecular complexity index is 436. The Hall–Kier alpha value is -1.79. The highest BCUT2D eigenvalue weighted by atomic mass is 15.6. The van der Waals surface area contributed by atoms with Gasteiger partial charge in [0, 0.05) is 14.1 Å². The molecule has 0 spiro atoms. The van der Waals surface area contributed by atoms with Crippen LogP contribution in [0.1, 0.15) is 5.82 Å². The maximum absolute atomic E-state index is 3.98. The number of nitrogens with one attached hydrogen (secondary N) is 1. The summed E-state index contributed by atoms with van der Waals surface area (Å²) < 4.78 is 1.72. The van der Waals surface area contributed by atoms with Gasteiger partial charge in [-0.05, 0) is 22.6 Å². The number of aromatic nitrogens is 4. The minimum atomic E-state index is 0.592. The number of benzene rings is 1. The van der Waals surface area contributed by atoms with Gasteiger partial charge in [0.1, 0.15) is 0 Å². The second kappa shape index (κ2) is 4.82. The molecule has 0 aliphatic rings. The molecule has 0 radical (unpaired) electrons. The summed E-state index contributed by atoms with van der Waals surface area (Å²) in [5, 5.41) is 13.5.